The summed E-state index contributed by atoms with van der Waals surface area (Å²) in [6.45, 7) is 2.75. The summed E-state index contributed by atoms with van der Waals surface area (Å²) in [6, 6.07) is 27.2. The van der Waals surface area contributed by atoms with E-state index in [0.29, 0.717) is 13.0 Å². The Morgan fingerprint density at radius 2 is 1.68 bits per heavy atom. The molecular weight excluding hydrogens is 462 g/mol. The Morgan fingerprint density at radius 1 is 0.971 bits per heavy atom. The second-order valence-corrected chi connectivity index (χ2v) is 11.2. The van der Waals surface area contributed by atoms with Gasteiger partial charge in [-0.2, -0.15) is 13.0 Å². The summed E-state index contributed by atoms with van der Waals surface area (Å²) < 4.78 is 35.1. The molecule has 1 aliphatic rings. The lowest BCUT2D eigenvalue weighted by Crippen LogP contribution is -2.36. The summed E-state index contributed by atoms with van der Waals surface area (Å²) in [5.74, 6) is -0.0256. The fourth-order valence-corrected chi connectivity index (χ4v) is 6.27. The fourth-order valence-electron chi connectivity index (χ4n) is 4.63. The second kappa shape index (κ2) is 9.29. The molecule has 4 aromatic rings. The van der Waals surface area contributed by atoms with Gasteiger partial charge < -0.3 is 0 Å². The molecule has 4 nitrogen and oxygen atoms in total. The molecule has 0 spiro atoms. The number of fused-ring (bicyclic) bond motifs is 2. The lowest BCUT2D eigenvalue weighted by Gasteiger charge is -2.25. The summed E-state index contributed by atoms with van der Waals surface area (Å²) in [5.41, 5.74) is 7.24. The molecule has 1 N–H and O–H groups in total. The molecule has 172 valence electrons. The van der Waals surface area contributed by atoms with Crippen LogP contribution in [0.2, 0.25) is 0 Å². The van der Waals surface area contributed by atoms with Gasteiger partial charge in [0, 0.05) is 24.5 Å². The molecule has 0 fully saturated rings. The zero-order valence-electron chi connectivity index (χ0n) is 18.9. The Kier molecular flexibility index (Phi) is 6.21. The van der Waals surface area contributed by atoms with Crippen LogP contribution in [0.1, 0.15) is 41.0 Å². The standard InChI is InChI=1S/C28H25NO3S2/c1-20-22(18-25(21-10-3-2-4-11-21)24-13-6-5-12-23(20)24)19-28-29(16-9-17-34(30,31)32)26-14-7-8-15-27(26)33-28/h2-8,10-15,18-20H,9,16-17H2,1H3/p+1. The monoisotopic (exact) mass is 488 g/mol. The summed E-state index contributed by atoms with van der Waals surface area (Å²) in [7, 11) is -3.99. The number of aryl methyl sites for hydroxylation is 1. The van der Waals surface area contributed by atoms with E-state index < -0.39 is 10.1 Å². The molecule has 1 unspecified atom stereocenters. The number of rotatable bonds is 6. The van der Waals surface area contributed by atoms with Crippen LogP contribution in [0.4, 0.5) is 0 Å². The molecule has 0 aliphatic heterocycles. The van der Waals surface area contributed by atoms with Gasteiger partial charge in [0.15, 0.2) is 6.54 Å². The molecule has 1 aromatic heterocycles. The van der Waals surface area contributed by atoms with Crippen molar-refractivity contribution >= 4 is 43.3 Å². The number of hydrogen-bond donors (Lipinski definition) is 1. The van der Waals surface area contributed by atoms with Gasteiger partial charge >= 0.3 is 0 Å². The van der Waals surface area contributed by atoms with Crippen LogP contribution in [-0.2, 0) is 16.7 Å². The van der Waals surface area contributed by atoms with E-state index in [1.54, 1.807) is 11.3 Å². The molecule has 0 radical (unpaired) electrons. The average molecular weight is 489 g/mol. The van der Waals surface area contributed by atoms with Gasteiger partial charge in [-0.1, -0.05) is 85.0 Å². The molecule has 1 heterocycles. The van der Waals surface area contributed by atoms with Crippen molar-refractivity contribution in [3.63, 3.8) is 0 Å². The van der Waals surface area contributed by atoms with Crippen LogP contribution in [0, 0.1) is 0 Å². The van der Waals surface area contributed by atoms with E-state index >= 15 is 0 Å². The Hall–Kier alpha value is -3.06. The molecule has 6 heteroatoms. The molecule has 0 amide bonds. The lowest BCUT2D eigenvalue weighted by molar-refractivity contribution is -0.668. The molecule has 0 bridgehead atoms. The van der Waals surface area contributed by atoms with Crippen molar-refractivity contribution in [2.45, 2.75) is 25.8 Å². The molecule has 1 aliphatic carbocycles. The first kappa shape index (κ1) is 22.7. The number of nitrogens with zero attached hydrogens (tertiary/aromatic N) is 1. The molecule has 0 saturated heterocycles. The van der Waals surface area contributed by atoms with E-state index in [1.807, 2.05) is 18.2 Å². The zero-order valence-corrected chi connectivity index (χ0v) is 20.5. The minimum absolute atomic E-state index is 0.222. The van der Waals surface area contributed by atoms with Crippen LogP contribution in [0.25, 0.3) is 21.9 Å². The highest BCUT2D eigenvalue weighted by Gasteiger charge is 2.25. The number of thiazole rings is 1. The molecular formula is C28H26NO3S2+. The molecule has 5 rings (SSSR count). The first-order valence-corrected chi connectivity index (χ1v) is 13.8. The van der Waals surface area contributed by atoms with Gasteiger partial charge in [-0.3, -0.25) is 4.55 Å². The Balaban J connectivity index is 1.63. The molecule has 34 heavy (non-hydrogen) atoms. The molecule has 1 atom stereocenters. The number of aromatic nitrogens is 1. The fraction of sp³-hybridized carbons (Fsp3) is 0.179. The maximum atomic E-state index is 11.3. The lowest BCUT2D eigenvalue weighted by atomic mass is 9.78. The van der Waals surface area contributed by atoms with Crippen molar-refractivity contribution < 1.29 is 17.5 Å². The van der Waals surface area contributed by atoms with Crippen LogP contribution in [0.3, 0.4) is 0 Å². The largest absolute Gasteiger partial charge is 0.286 e. The topological polar surface area (TPSA) is 58.2 Å². The molecule has 0 saturated carbocycles. The smallest absolute Gasteiger partial charge is 0.265 e. The first-order chi connectivity index (χ1) is 16.4. The van der Waals surface area contributed by atoms with Crippen LogP contribution >= 0.6 is 11.3 Å². The number of benzene rings is 3. The van der Waals surface area contributed by atoms with Gasteiger partial charge in [0.05, 0.1) is 5.75 Å². The van der Waals surface area contributed by atoms with Gasteiger partial charge in [-0.25, -0.2) is 0 Å². The van der Waals surface area contributed by atoms with E-state index in [0.717, 1.165) is 15.2 Å². The van der Waals surface area contributed by atoms with E-state index in [9.17, 15) is 13.0 Å². The predicted molar refractivity (Wildman–Crippen MR) is 139 cm³/mol. The minimum Gasteiger partial charge on any atom is -0.286 e. The van der Waals surface area contributed by atoms with E-state index in [4.69, 9.17) is 0 Å². The summed E-state index contributed by atoms with van der Waals surface area (Å²) in [6.07, 6.45) is 4.88. The highest BCUT2D eigenvalue weighted by Crippen LogP contribution is 2.41. The highest BCUT2D eigenvalue weighted by atomic mass is 32.2. The third kappa shape index (κ3) is 4.62. The van der Waals surface area contributed by atoms with E-state index in [-0.39, 0.29) is 11.7 Å². The van der Waals surface area contributed by atoms with Crippen molar-refractivity contribution in [1.29, 1.82) is 0 Å². The number of allylic oxidation sites excluding steroid dienone is 2. The second-order valence-electron chi connectivity index (χ2n) is 8.58. The Labute approximate surface area is 204 Å². The normalized spacial score (nSPS) is 17.1. The van der Waals surface area contributed by atoms with Crippen LogP contribution in [0.5, 0.6) is 0 Å². The minimum atomic E-state index is -3.99. The summed E-state index contributed by atoms with van der Waals surface area (Å²) in [5, 5.41) is 1.07. The van der Waals surface area contributed by atoms with E-state index in [2.05, 4.69) is 84.3 Å². The van der Waals surface area contributed by atoms with Gasteiger partial charge in [-0.15, -0.1) is 0 Å². The summed E-state index contributed by atoms with van der Waals surface area (Å²) in [4.78, 5) is 0. The average Bonchev–Trinajstić information content (AvgIpc) is 3.18. The maximum Gasteiger partial charge on any atom is 0.265 e. The van der Waals surface area contributed by atoms with Crippen LogP contribution < -0.4 is 4.57 Å². The van der Waals surface area contributed by atoms with Gasteiger partial charge in [0.25, 0.3) is 15.1 Å². The number of para-hydroxylation sites is 1. The quantitative estimate of drug-likeness (QED) is 0.264. The summed E-state index contributed by atoms with van der Waals surface area (Å²) >= 11 is 1.70. The maximum absolute atomic E-state index is 11.3. The Bertz CT molecular complexity index is 1520. The first-order valence-electron chi connectivity index (χ1n) is 11.4. The van der Waals surface area contributed by atoms with Crippen molar-refractivity contribution in [3.8, 4) is 0 Å². The van der Waals surface area contributed by atoms with Crippen molar-refractivity contribution in [2.75, 3.05) is 5.75 Å². The van der Waals surface area contributed by atoms with Crippen molar-refractivity contribution in [2.24, 2.45) is 0 Å². The van der Waals surface area contributed by atoms with Crippen molar-refractivity contribution in [1.82, 2.24) is 0 Å². The highest BCUT2D eigenvalue weighted by molar-refractivity contribution is 7.85. The van der Waals surface area contributed by atoms with Crippen molar-refractivity contribution in [3.05, 3.63) is 112 Å². The SMILES string of the molecule is CC1C(=Cc2sc3ccccc3[n+]2CCCS(=O)(=O)O)C=C(c2ccccc2)c2ccccc21. The van der Waals surface area contributed by atoms with Gasteiger partial charge in [0.2, 0.25) is 5.52 Å². The van der Waals surface area contributed by atoms with Gasteiger partial charge in [-0.05, 0) is 40.0 Å². The predicted octanol–water partition coefficient (Wildman–Crippen LogP) is 6.10. The number of hydrogen-bond acceptors (Lipinski definition) is 3. The molecule has 3 aromatic carbocycles. The van der Waals surface area contributed by atoms with Crippen LogP contribution in [0.15, 0.2) is 90.5 Å². The Morgan fingerprint density at radius 3 is 2.47 bits per heavy atom. The zero-order chi connectivity index (χ0) is 23.7. The third-order valence-corrected chi connectivity index (χ3v) is 8.24. The third-order valence-electron chi connectivity index (χ3n) is 6.32. The van der Waals surface area contributed by atoms with Gasteiger partial charge in [0.1, 0.15) is 4.70 Å². The van der Waals surface area contributed by atoms with Crippen LogP contribution in [-0.4, -0.2) is 18.7 Å². The van der Waals surface area contributed by atoms with E-state index in [1.165, 1.54) is 27.8 Å².